The van der Waals surface area contributed by atoms with Crippen LogP contribution in [0, 0.1) is 0 Å². The fourth-order valence-corrected chi connectivity index (χ4v) is 1.69. The number of cyclic esters (lactones) is 1. The lowest BCUT2D eigenvalue weighted by atomic mass is 10.1. The molecular weight excluding hydrogens is 275 g/mol. The highest BCUT2D eigenvalue weighted by Gasteiger charge is 2.38. The molecule has 4 nitrogen and oxygen atoms in total. The van der Waals surface area contributed by atoms with Gasteiger partial charge in [0.15, 0.2) is 0 Å². The van der Waals surface area contributed by atoms with Gasteiger partial charge >= 0.3 is 18.1 Å². The molecule has 106 valence electrons. The van der Waals surface area contributed by atoms with Gasteiger partial charge in [0.2, 0.25) is 0 Å². The Balaban J connectivity index is 2.16. The minimum absolute atomic E-state index is 0.00744. The van der Waals surface area contributed by atoms with Crippen molar-refractivity contribution in [2.75, 3.05) is 11.9 Å². The van der Waals surface area contributed by atoms with Crippen molar-refractivity contribution in [2.45, 2.75) is 12.6 Å². The van der Waals surface area contributed by atoms with Crippen LogP contribution in [0.5, 0.6) is 0 Å². The molecule has 0 saturated carbocycles. The number of hydrogen-bond acceptors (Lipinski definition) is 3. The number of benzene rings is 1. The summed E-state index contributed by atoms with van der Waals surface area (Å²) in [5.41, 5.74) is 0.969. The predicted molar refractivity (Wildman–Crippen MR) is 64.7 cm³/mol. The smallest absolute Gasteiger partial charge is 0.462 e. The molecule has 0 bridgehead atoms. The third-order valence-corrected chi connectivity index (χ3v) is 2.61. The summed E-state index contributed by atoms with van der Waals surface area (Å²) in [6.07, 6.45) is -2.96. The van der Waals surface area contributed by atoms with Crippen molar-refractivity contribution >= 4 is 23.6 Å². The highest BCUT2D eigenvalue weighted by Crippen LogP contribution is 2.21. The summed E-state index contributed by atoms with van der Waals surface area (Å²) in [5.74, 6) is -2.47. The molecule has 2 rings (SSSR count). The van der Waals surface area contributed by atoms with E-state index < -0.39 is 18.1 Å². The molecule has 1 aliphatic heterocycles. The van der Waals surface area contributed by atoms with Crippen molar-refractivity contribution in [2.24, 2.45) is 0 Å². The lowest BCUT2D eigenvalue weighted by Gasteiger charge is -2.08. The zero-order chi connectivity index (χ0) is 14.8. The van der Waals surface area contributed by atoms with Crippen LogP contribution in [0.2, 0.25) is 0 Å². The number of rotatable bonds is 2. The Bertz CT molecular complexity index is 578. The van der Waals surface area contributed by atoms with Crippen LogP contribution in [0.4, 0.5) is 18.9 Å². The van der Waals surface area contributed by atoms with Crippen LogP contribution >= 0.6 is 0 Å². The Labute approximate surface area is 112 Å². The quantitative estimate of drug-likeness (QED) is 0.671. The highest BCUT2D eigenvalue weighted by molar-refractivity contribution is 5.97. The Morgan fingerprint density at radius 3 is 2.70 bits per heavy atom. The molecule has 1 amide bonds. The van der Waals surface area contributed by atoms with Crippen molar-refractivity contribution < 1.29 is 27.5 Å². The summed E-state index contributed by atoms with van der Waals surface area (Å²) in [4.78, 5) is 22.1. The molecule has 1 heterocycles. The van der Waals surface area contributed by atoms with E-state index in [4.69, 9.17) is 4.74 Å². The summed E-state index contributed by atoms with van der Waals surface area (Å²) in [5, 5.41) is 1.75. The highest BCUT2D eigenvalue weighted by atomic mass is 19.4. The van der Waals surface area contributed by atoms with Crippen molar-refractivity contribution in [1.29, 1.82) is 0 Å². The summed E-state index contributed by atoms with van der Waals surface area (Å²) >= 11 is 0. The predicted octanol–water partition coefficient (Wildman–Crippen LogP) is 2.52. The van der Waals surface area contributed by atoms with Gasteiger partial charge in [-0.15, -0.1) is 0 Å². The maximum Gasteiger partial charge on any atom is 0.471 e. The minimum atomic E-state index is -4.94. The molecule has 0 aromatic heterocycles. The molecular formula is C13H10F3NO3. The molecule has 1 saturated heterocycles. The minimum Gasteiger partial charge on any atom is -0.462 e. The molecule has 1 aromatic rings. The van der Waals surface area contributed by atoms with Gasteiger partial charge in [0, 0.05) is 17.7 Å². The number of carbonyl (C=O) groups is 2. The van der Waals surface area contributed by atoms with Gasteiger partial charge in [-0.1, -0.05) is 12.1 Å². The van der Waals surface area contributed by atoms with Gasteiger partial charge in [-0.25, -0.2) is 4.79 Å². The Morgan fingerprint density at radius 2 is 2.10 bits per heavy atom. The Hall–Kier alpha value is -2.31. The summed E-state index contributed by atoms with van der Waals surface area (Å²) in [6.45, 7) is 0.301. The zero-order valence-electron chi connectivity index (χ0n) is 10.2. The first-order chi connectivity index (χ1) is 9.36. The van der Waals surface area contributed by atoms with E-state index in [9.17, 15) is 22.8 Å². The summed E-state index contributed by atoms with van der Waals surface area (Å²) in [6, 6.07) is 5.78. The normalized spacial score (nSPS) is 17.1. The van der Waals surface area contributed by atoms with Gasteiger partial charge < -0.3 is 10.1 Å². The van der Waals surface area contributed by atoms with E-state index >= 15 is 0 Å². The SMILES string of the molecule is O=C1OCC/C1=C/c1cccc(NC(=O)C(F)(F)F)c1. The summed E-state index contributed by atoms with van der Waals surface area (Å²) in [7, 11) is 0. The maximum atomic E-state index is 12.1. The van der Waals surface area contributed by atoms with Gasteiger partial charge in [0.05, 0.1) is 6.61 Å². The molecule has 0 atom stereocenters. The van der Waals surface area contributed by atoms with E-state index in [2.05, 4.69) is 0 Å². The van der Waals surface area contributed by atoms with Gasteiger partial charge in [0.25, 0.3) is 0 Å². The third kappa shape index (κ3) is 3.37. The average Bonchev–Trinajstić information content (AvgIpc) is 2.74. The lowest BCUT2D eigenvalue weighted by molar-refractivity contribution is -0.167. The monoisotopic (exact) mass is 285 g/mol. The van der Waals surface area contributed by atoms with Gasteiger partial charge in [-0.05, 0) is 23.8 Å². The van der Waals surface area contributed by atoms with Gasteiger partial charge in [-0.2, -0.15) is 13.2 Å². The molecule has 0 unspecified atom stereocenters. The van der Waals surface area contributed by atoms with E-state index in [1.807, 2.05) is 0 Å². The van der Waals surface area contributed by atoms with E-state index in [1.165, 1.54) is 24.3 Å². The van der Waals surface area contributed by atoms with Crippen molar-refractivity contribution in [3.05, 3.63) is 35.4 Å². The fraction of sp³-hybridized carbons (Fsp3) is 0.231. The molecule has 1 fully saturated rings. The number of esters is 1. The van der Waals surface area contributed by atoms with Crippen LogP contribution in [-0.2, 0) is 14.3 Å². The van der Waals surface area contributed by atoms with E-state index in [1.54, 1.807) is 11.4 Å². The molecule has 0 radical (unpaired) electrons. The number of alkyl halides is 3. The molecule has 7 heteroatoms. The number of carbonyl (C=O) groups excluding carboxylic acids is 2. The lowest BCUT2D eigenvalue weighted by Crippen LogP contribution is -2.29. The van der Waals surface area contributed by atoms with E-state index in [0.717, 1.165) is 0 Å². The summed E-state index contributed by atoms with van der Waals surface area (Å²) < 4.78 is 41.1. The standard InChI is InChI=1S/C13H10F3NO3/c14-13(15,16)12(19)17-10-3-1-2-8(7-10)6-9-4-5-20-11(9)18/h1-3,6-7H,4-5H2,(H,17,19)/b9-6-. The second-order valence-corrected chi connectivity index (χ2v) is 4.13. The van der Waals surface area contributed by atoms with E-state index in [-0.39, 0.29) is 5.69 Å². The van der Waals surface area contributed by atoms with Crippen LogP contribution in [0.15, 0.2) is 29.8 Å². The zero-order valence-corrected chi connectivity index (χ0v) is 10.2. The average molecular weight is 285 g/mol. The molecule has 1 N–H and O–H groups in total. The first kappa shape index (κ1) is 14.1. The van der Waals surface area contributed by atoms with Crippen LogP contribution in [-0.4, -0.2) is 24.7 Å². The first-order valence-corrected chi connectivity index (χ1v) is 5.72. The second kappa shape index (κ2) is 5.36. The van der Waals surface area contributed by atoms with E-state index in [0.29, 0.717) is 24.2 Å². The molecule has 0 aliphatic carbocycles. The fourth-order valence-electron chi connectivity index (χ4n) is 1.69. The second-order valence-electron chi connectivity index (χ2n) is 4.13. The maximum absolute atomic E-state index is 12.1. The van der Waals surface area contributed by atoms with Crippen molar-refractivity contribution in [3.63, 3.8) is 0 Å². The molecule has 1 aliphatic rings. The van der Waals surface area contributed by atoms with Crippen LogP contribution in [0.1, 0.15) is 12.0 Å². The van der Waals surface area contributed by atoms with Gasteiger partial charge in [0.1, 0.15) is 0 Å². The number of ether oxygens (including phenoxy) is 1. The number of amides is 1. The Kier molecular flexibility index (Phi) is 3.78. The van der Waals surface area contributed by atoms with Crippen molar-refractivity contribution in [1.82, 2.24) is 0 Å². The Morgan fingerprint density at radius 1 is 1.35 bits per heavy atom. The first-order valence-electron chi connectivity index (χ1n) is 5.72. The van der Waals surface area contributed by atoms with Crippen LogP contribution < -0.4 is 5.32 Å². The topological polar surface area (TPSA) is 55.4 Å². The third-order valence-electron chi connectivity index (χ3n) is 2.61. The largest absolute Gasteiger partial charge is 0.471 e. The van der Waals surface area contributed by atoms with Gasteiger partial charge in [-0.3, -0.25) is 4.79 Å². The number of nitrogens with one attached hydrogen (secondary N) is 1. The molecule has 20 heavy (non-hydrogen) atoms. The van der Waals surface area contributed by atoms with Crippen LogP contribution in [0.3, 0.4) is 0 Å². The number of halogens is 3. The van der Waals surface area contributed by atoms with Crippen LogP contribution in [0.25, 0.3) is 6.08 Å². The molecule has 0 spiro atoms. The molecule has 1 aromatic carbocycles. The van der Waals surface area contributed by atoms with Crippen molar-refractivity contribution in [3.8, 4) is 0 Å². The number of hydrogen-bond donors (Lipinski definition) is 1. The number of anilines is 1.